The van der Waals surface area contributed by atoms with Gasteiger partial charge in [-0.05, 0) is 47.6 Å². The van der Waals surface area contributed by atoms with Gasteiger partial charge < -0.3 is 0 Å². The van der Waals surface area contributed by atoms with E-state index in [9.17, 15) is 0 Å². The topological polar surface area (TPSA) is 0 Å². The standard InChI is InChI=1S/C37H64B2/c1-35(26-18-10-5-11-19-27-35)34(37(39)30-22-14-7-15-23-31-37)33(36(38)28-20-12-6-13-21-29-36)32-24-16-8-3-2-4-9-17-25-32/h32H,2-31H2,1H3/b34-33-. The van der Waals surface area contributed by atoms with Gasteiger partial charge in [-0.3, -0.25) is 0 Å². The monoisotopic (exact) mass is 531 g/mol. The van der Waals surface area contributed by atoms with Gasteiger partial charge in [0.05, 0.1) is 15.7 Å². The van der Waals surface area contributed by atoms with Gasteiger partial charge in [0.25, 0.3) is 0 Å². The molecule has 0 aromatic carbocycles. The van der Waals surface area contributed by atoms with Gasteiger partial charge in [0.1, 0.15) is 0 Å². The van der Waals surface area contributed by atoms with Crippen molar-refractivity contribution in [2.45, 2.75) is 210 Å². The summed E-state index contributed by atoms with van der Waals surface area (Å²) in [5.74, 6) is 0.663. The molecule has 218 valence electrons. The molecule has 39 heavy (non-hydrogen) atoms. The average Bonchev–Trinajstić information content (AvgIpc) is 2.88. The van der Waals surface area contributed by atoms with E-state index in [2.05, 4.69) is 6.92 Å². The van der Waals surface area contributed by atoms with E-state index in [1.807, 2.05) is 0 Å². The Morgan fingerprint density at radius 1 is 0.410 bits per heavy atom. The van der Waals surface area contributed by atoms with E-state index in [-0.39, 0.29) is 16.0 Å². The van der Waals surface area contributed by atoms with Crippen LogP contribution in [0.25, 0.3) is 0 Å². The lowest BCUT2D eigenvalue weighted by atomic mass is 9.44. The van der Waals surface area contributed by atoms with Crippen LogP contribution in [0.2, 0.25) is 10.6 Å². The average molecular weight is 531 g/mol. The van der Waals surface area contributed by atoms with Crippen LogP contribution in [0.15, 0.2) is 11.1 Å². The summed E-state index contributed by atoms with van der Waals surface area (Å²) in [6.07, 6.45) is 40.7. The van der Waals surface area contributed by atoms with Gasteiger partial charge in [0, 0.05) is 0 Å². The molecule has 0 atom stereocenters. The lowest BCUT2D eigenvalue weighted by molar-refractivity contribution is 0.238. The fourth-order valence-electron chi connectivity index (χ4n) is 9.68. The number of allylic oxidation sites excluding steroid dienone is 2. The molecule has 0 saturated heterocycles. The van der Waals surface area contributed by atoms with Crippen molar-refractivity contribution in [1.29, 1.82) is 0 Å². The van der Waals surface area contributed by atoms with E-state index < -0.39 is 0 Å². The Bertz CT molecular complexity index is 672. The molecule has 0 bridgehead atoms. The number of hydrogen-bond donors (Lipinski definition) is 0. The third-order valence-electron chi connectivity index (χ3n) is 11.9. The lowest BCUT2D eigenvalue weighted by Gasteiger charge is -2.52. The molecule has 4 fully saturated rings. The summed E-state index contributed by atoms with van der Waals surface area (Å²) in [5.41, 5.74) is 3.77. The van der Waals surface area contributed by atoms with Gasteiger partial charge in [0.2, 0.25) is 0 Å². The van der Waals surface area contributed by atoms with Crippen LogP contribution in [-0.4, -0.2) is 15.7 Å². The van der Waals surface area contributed by atoms with Gasteiger partial charge in [-0.2, -0.15) is 0 Å². The summed E-state index contributed by atoms with van der Waals surface area (Å²) in [7, 11) is 15.9. The van der Waals surface area contributed by atoms with Crippen LogP contribution in [0.1, 0.15) is 200 Å². The molecule has 0 unspecified atom stereocenters. The summed E-state index contributed by atoms with van der Waals surface area (Å²) in [5, 5.41) is -0.279. The fourth-order valence-corrected chi connectivity index (χ4v) is 9.68. The number of rotatable bonds is 4. The first-order valence-electron chi connectivity index (χ1n) is 18.3. The summed E-state index contributed by atoms with van der Waals surface area (Å²) in [4.78, 5) is 0. The molecule has 0 aromatic heterocycles. The molecule has 0 heterocycles. The third-order valence-corrected chi connectivity index (χ3v) is 11.9. The van der Waals surface area contributed by atoms with E-state index >= 15 is 0 Å². The van der Waals surface area contributed by atoms with Crippen LogP contribution >= 0.6 is 0 Å². The molecular weight excluding hydrogens is 466 g/mol. The SMILES string of the molecule is [B]C1(/C(=C(\C2([B])CCCCCCC2)C2(C)CCCCCCC2)C2CCCCCCCCC2)CCCCCCC1. The Kier molecular flexibility index (Phi) is 13.0. The molecule has 0 amide bonds. The zero-order valence-electron chi connectivity index (χ0n) is 26.4. The molecule has 0 spiro atoms. The van der Waals surface area contributed by atoms with E-state index in [0.29, 0.717) is 5.92 Å². The van der Waals surface area contributed by atoms with Crippen molar-refractivity contribution in [3.05, 3.63) is 11.1 Å². The van der Waals surface area contributed by atoms with Crippen molar-refractivity contribution < 1.29 is 0 Å². The maximum absolute atomic E-state index is 7.93. The maximum Gasteiger partial charge on any atom is 0.0806 e. The van der Waals surface area contributed by atoms with Crippen LogP contribution in [0.5, 0.6) is 0 Å². The second-order valence-corrected chi connectivity index (χ2v) is 15.2. The molecule has 4 aliphatic carbocycles. The van der Waals surface area contributed by atoms with E-state index in [1.54, 1.807) is 11.1 Å². The minimum atomic E-state index is -0.145. The third kappa shape index (κ3) is 8.93. The zero-order valence-corrected chi connectivity index (χ0v) is 26.4. The molecule has 0 N–H and O–H groups in total. The molecule has 0 aliphatic heterocycles. The van der Waals surface area contributed by atoms with Crippen molar-refractivity contribution in [2.24, 2.45) is 11.3 Å². The van der Waals surface area contributed by atoms with Crippen LogP contribution in [-0.2, 0) is 0 Å². The highest BCUT2D eigenvalue weighted by atomic mass is 14.5. The lowest BCUT2D eigenvalue weighted by Crippen LogP contribution is -2.37. The molecule has 0 nitrogen and oxygen atoms in total. The van der Waals surface area contributed by atoms with Crippen molar-refractivity contribution in [1.82, 2.24) is 0 Å². The van der Waals surface area contributed by atoms with Crippen LogP contribution in [0.3, 0.4) is 0 Å². The second kappa shape index (κ2) is 15.9. The Labute approximate surface area is 247 Å². The highest BCUT2D eigenvalue weighted by Crippen LogP contribution is 2.63. The number of hydrogen-bond acceptors (Lipinski definition) is 0. The van der Waals surface area contributed by atoms with E-state index in [4.69, 9.17) is 15.7 Å². The predicted molar refractivity (Wildman–Crippen MR) is 174 cm³/mol. The zero-order chi connectivity index (χ0) is 27.4. The Morgan fingerprint density at radius 3 is 1.13 bits per heavy atom. The molecule has 4 rings (SSSR count). The van der Waals surface area contributed by atoms with Gasteiger partial charge in [0.15, 0.2) is 0 Å². The first-order valence-corrected chi connectivity index (χ1v) is 18.3. The highest BCUT2D eigenvalue weighted by molar-refractivity contribution is 6.20. The Balaban J connectivity index is 1.90. The summed E-state index contributed by atoms with van der Waals surface area (Å²) in [6, 6.07) is 0. The first kappa shape index (κ1) is 31.8. The van der Waals surface area contributed by atoms with E-state index in [1.165, 1.54) is 193 Å². The fraction of sp³-hybridized carbons (Fsp3) is 0.946. The molecule has 4 aliphatic rings. The van der Waals surface area contributed by atoms with Gasteiger partial charge in [-0.1, -0.05) is 185 Å². The van der Waals surface area contributed by atoms with Crippen molar-refractivity contribution in [2.75, 3.05) is 0 Å². The van der Waals surface area contributed by atoms with Crippen molar-refractivity contribution in [3.63, 3.8) is 0 Å². The quantitative estimate of drug-likeness (QED) is 0.250. The van der Waals surface area contributed by atoms with Crippen LogP contribution in [0, 0.1) is 11.3 Å². The highest BCUT2D eigenvalue weighted by Gasteiger charge is 2.46. The van der Waals surface area contributed by atoms with Crippen LogP contribution < -0.4 is 0 Å². The van der Waals surface area contributed by atoms with Crippen molar-refractivity contribution in [3.8, 4) is 0 Å². The summed E-state index contributed by atoms with van der Waals surface area (Å²) >= 11 is 0. The van der Waals surface area contributed by atoms with Gasteiger partial charge in [-0.15, -0.1) is 0 Å². The molecular formula is C37H64B2. The molecule has 2 heteroatoms. The van der Waals surface area contributed by atoms with Crippen LogP contribution in [0.4, 0.5) is 0 Å². The minimum absolute atomic E-state index is 0.134. The summed E-state index contributed by atoms with van der Waals surface area (Å²) in [6.45, 7) is 2.69. The van der Waals surface area contributed by atoms with Gasteiger partial charge >= 0.3 is 0 Å². The summed E-state index contributed by atoms with van der Waals surface area (Å²) < 4.78 is 0. The minimum Gasteiger partial charge on any atom is -0.0701 e. The second-order valence-electron chi connectivity index (χ2n) is 15.2. The molecule has 0 aromatic rings. The van der Waals surface area contributed by atoms with Crippen molar-refractivity contribution >= 4 is 15.7 Å². The normalized spacial score (nSPS) is 29.3. The van der Waals surface area contributed by atoms with Gasteiger partial charge in [-0.25, -0.2) is 0 Å². The Morgan fingerprint density at radius 2 is 0.718 bits per heavy atom. The predicted octanol–water partition coefficient (Wildman–Crippen LogP) is 12.3. The largest absolute Gasteiger partial charge is 0.0806 e. The Hall–Kier alpha value is -0.130. The maximum atomic E-state index is 7.93. The first-order chi connectivity index (χ1) is 19.0. The van der Waals surface area contributed by atoms with E-state index in [0.717, 1.165) is 0 Å². The molecule has 4 saturated carbocycles. The smallest absolute Gasteiger partial charge is 0.0701 e. The molecule has 4 radical (unpaired) electrons.